The Labute approximate surface area is 103 Å². The summed E-state index contributed by atoms with van der Waals surface area (Å²) in [5.41, 5.74) is -2.41. The van der Waals surface area contributed by atoms with Crippen molar-refractivity contribution in [3.63, 3.8) is 0 Å². The van der Waals surface area contributed by atoms with Gasteiger partial charge >= 0.3 is 6.18 Å². The van der Waals surface area contributed by atoms with Crippen LogP contribution in [0.1, 0.15) is 6.42 Å². The normalized spacial score (nSPS) is 26.1. The molecular weight excluding hydrogens is 253 g/mol. The average molecular weight is 270 g/mol. The number of ether oxygens (including phenoxy) is 1. The summed E-state index contributed by atoms with van der Waals surface area (Å²) < 4.78 is 43.7. The molecule has 1 heterocycles. The number of carbonyl (C=O) groups is 1. The first-order valence-electron chi connectivity index (χ1n) is 5.55. The molecule has 0 bridgehead atoms. The minimum Gasteiger partial charge on any atom is -0.394 e. The van der Waals surface area contributed by atoms with E-state index in [2.05, 4.69) is 10.6 Å². The molecule has 1 aliphatic heterocycles. The predicted octanol–water partition coefficient (Wildman–Crippen LogP) is -0.348. The van der Waals surface area contributed by atoms with E-state index in [9.17, 15) is 18.0 Å². The first-order valence-corrected chi connectivity index (χ1v) is 5.55. The van der Waals surface area contributed by atoms with Crippen LogP contribution in [0.15, 0.2) is 0 Å². The van der Waals surface area contributed by atoms with Crippen molar-refractivity contribution in [3.05, 3.63) is 0 Å². The summed E-state index contributed by atoms with van der Waals surface area (Å²) in [7, 11) is 1.34. The number of carbonyl (C=O) groups excluding carboxylic acids is 1. The Morgan fingerprint density at radius 1 is 1.61 bits per heavy atom. The van der Waals surface area contributed by atoms with E-state index in [1.54, 1.807) is 0 Å². The van der Waals surface area contributed by atoms with Crippen molar-refractivity contribution in [2.45, 2.75) is 18.6 Å². The highest BCUT2D eigenvalue weighted by atomic mass is 19.4. The van der Waals surface area contributed by atoms with Crippen molar-refractivity contribution in [2.75, 3.05) is 33.4 Å². The molecule has 1 aliphatic rings. The van der Waals surface area contributed by atoms with Crippen LogP contribution in [0.5, 0.6) is 0 Å². The van der Waals surface area contributed by atoms with E-state index in [0.29, 0.717) is 0 Å². The number of rotatable bonds is 5. The van der Waals surface area contributed by atoms with E-state index in [4.69, 9.17) is 9.84 Å². The van der Waals surface area contributed by atoms with E-state index in [-0.39, 0.29) is 19.6 Å². The van der Waals surface area contributed by atoms with Gasteiger partial charge < -0.3 is 20.5 Å². The maximum Gasteiger partial charge on any atom is 0.404 e. The standard InChI is InChI=1S/C10H17F3N2O3/c1-18-5-7(4-16)15-8(17)9(10(11,12)13)2-3-14-6-9/h7,14,16H,2-6H2,1H3,(H,15,17). The molecule has 0 radical (unpaired) electrons. The van der Waals surface area contributed by atoms with Gasteiger partial charge in [-0.25, -0.2) is 0 Å². The Bertz CT molecular complexity index is 291. The largest absolute Gasteiger partial charge is 0.404 e. The number of methoxy groups -OCH3 is 1. The summed E-state index contributed by atoms with van der Waals surface area (Å²) in [6.07, 6.45) is -4.92. The number of nitrogens with one attached hydrogen (secondary N) is 2. The van der Waals surface area contributed by atoms with Gasteiger partial charge in [0.2, 0.25) is 5.91 Å². The van der Waals surface area contributed by atoms with Crippen molar-refractivity contribution in [3.8, 4) is 0 Å². The third kappa shape index (κ3) is 2.93. The summed E-state index contributed by atoms with van der Waals surface area (Å²) in [4.78, 5) is 11.8. The summed E-state index contributed by atoms with van der Waals surface area (Å²) in [5.74, 6) is -1.11. The zero-order valence-electron chi connectivity index (χ0n) is 10.0. The molecular formula is C10H17F3N2O3. The summed E-state index contributed by atoms with van der Waals surface area (Å²) in [6.45, 7) is -0.807. The molecule has 0 saturated carbocycles. The molecule has 1 rings (SSSR count). The molecule has 5 nitrogen and oxygen atoms in total. The van der Waals surface area contributed by atoms with E-state index in [1.807, 2.05) is 0 Å². The fraction of sp³-hybridized carbons (Fsp3) is 0.900. The molecule has 3 N–H and O–H groups in total. The highest BCUT2D eigenvalue weighted by molar-refractivity contribution is 5.84. The van der Waals surface area contributed by atoms with Gasteiger partial charge in [-0.2, -0.15) is 13.2 Å². The van der Waals surface area contributed by atoms with E-state index in [1.165, 1.54) is 7.11 Å². The molecule has 0 spiro atoms. The monoisotopic (exact) mass is 270 g/mol. The van der Waals surface area contributed by atoms with Crippen LogP contribution in [0, 0.1) is 5.41 Å². The fourth-order valence-corrected chi connectivity index (χ4v) is 1.92. The van der Waals surface area contributed by atoms with Crippen LogP contribution in [0.25, 0.3) is 0 Å². The van der Waals surface area contributed by atoms with E-state index < -0.39 is 36.7 Å². The number of aliphatic hydroxyl groups is 1. The van der Waals surface area contributed by atoms with Crippen molar-refractivity contribution in [2.24, 2.45) is 5.41 Å². The van der Waals surface area contributed by atoms with Gasteiger partial charge in [-0.1, -0.05) is 0 Å². The maximum atomic E-state index is 13.0. The van der Waals surface area contributed by atoms with Gasteiger partial charge in [0.15, 0.2) is 5.41 Å². The van der Waals surface area contributed by atoms with Crippen LogP contribution < -0.4 is 10.6 Å². The van der Waals surface area contributed by atoms with E-state index >= 15 is 0 Å². The van der Waals surface area contributed by atoms with Crippen molar-refractivity contribution in [1.82, 2.24) is 10.6 Å². The SMILES string of the molecule is COCC(CO)NC(=O)C1(C(F)(F)F)CCNC1. The first-order chi connectivity index (χ1) is 8.37. The molecule has 0 aliphatic carbocycles. The van der Waals surface area contributed by atoms with Gasteiger partial charge in [0.05, 0.1) is 19.3 Å². The minimum absolute atomic E-state index is 0.0381. The number of aliphatic hydroxyl groups excluding tert-OH is 1. The Kier molecular flexibility index (Phi) is 4.94. The van der Waals surface area contributed by atoms with Crippen LogP contribution in [0.2, 0.25) is 0 Å². The molecule has 0 aromatic carbocycles. The molecule has 1 amide bonds. The lowest BCUT2D eigenvalue weighted by Crippen LogP contribution is -2.55. The zero-order chi connectivity index (χ0) is 13.8. The summed E-state index contributed by atoms with van der Waals surface area (Å²) >= 11 is 0. The van der Waals surface area contributed by atoms with Crippen molar-refractivity contribution >= 4 is 5.91 Å². The van der Waals surface area contributed by atoms with Crippen molar-refractivity contribution < 1.29 is 27.8 Å². The maximum absolute atomic E-state index is 13.0. The van der Waals surface area contributed by atoms with Gasteiger partial charge in [-0.3, -0.25) is 4.79 Å². The third-order valence-corrected chi connectivity index (χ3v) is 3.06. The van der Waals surface area contributed by atoms with Crippen LogP contribution in [-0.2, 0) is 9.53 Å². The first kappa shape index (κ1) is 15.2. The number of hydrogen-bond acceptors (Lipinski definition) is 4. The molecule has 0 aromatic rings. The van der Waals surface area contributed by atoms with E-state index in [0.717, 1.165) is 0 Å². The highest BCUT2D eigenvalue weighted by Gasteiger charge is 2.61. The Hall–Kier alpha value is -0.860. The smallest absolute Gasteiger partial charge is 0.394 e. The molecule has 106 valence electrons. The van der Waals surface area contributed by atoms with Crippen LogP contribution in [0.3, 0.4) is 0 Å². The second kappa shape index (κ2) is 5.85. The van der Waals surface area contributed by atoms with Crippen LogP contribution >= 0.6 is 0 Å². The molecule has 2 atom stereocenters. The van der Waals surface area contributed by atoms with Gasteiger partial charge in [0, 0.05) is 13.7 Å². The van der Waals surface area contributed by atoms with Crippen molar-refractivity contribution in [1.29, 1.82) is 0 Å². The fourth-order valence-electron chi connectivity index (χ4n) is 1.92. The summed E-state index contributed by atoms with van der Waals surface area (Å²) in [6, 6.07) is -0.831. The van der Waals surface area contributed by atoms with Crippen LogP contribution in [0.4, 0.5) is 13.2 Å². The number of halogens is 3. The second-order valence-corrected chi connectivity index (χ2v) is 4.31. The lowest BCUT2D eigenvalue weighted by atomic mass is 9.85. The molecule has 8 heteroatoms. The third-order valence-electron chi connectivity index (χ3n) is 3.06. The van der Waals surface area contributed by atoms with Crippen LogP contribution in [-0.4, -0.2) is 56.6 Å². The minimum atomic E-state index is -4.62. The topological polar surface area (TPSA) is 70.6 Å². The summed E-state index contributed by atoms with van der Waals surface area (Å²) in [5, 5.41) is 13.7. The lowest BCUT2D eigenvalue weighted by Gasteiger charge is -2.31. The molecule has 0 aromatic heterocycles. The van der Waals surface area contributed by atoms with Gasteiger partial charge in [-0.15, -0.1) is 0 Å². The average Bonchev–Trinajstić information content (AvgIpc) is 2.77. The highest BCUT2D eigenvalue weighted by Crippen LogP contribution is 2.43. The Morgan fingerprint density at radius 3 is 2.67 bits per heavy atom. The quantitative estimate of drug-likeness (QED) is 0.639. The zero-order valence-corrected chi connectivity index (χ0v) is 10.0. The second-order valence-electron chi connectivity index (χ2n) is 4.31. The Morgan fingerprint density at radius 2 is 2.28 bits per heavy atom. The molecule has 1 saturated heterocycles. The number of hydrogen-bond donors (Lipinski definition) is 3. The Balaban J connectivity index is 2.78. The molecule has 18 heavy (non-hydrogen) atoms. The predicted molar refractivity (Wildman–Crippen MR) is 56.9 cm³/mol. The molecule has 2 unspecified atom stereocenters. The number of amides is 1. The molecule has 1 fully saturated rings. The van der Waals surface area contributed by atoms with Gasteiger partial charge in [0.1, 0.15) is 0 Å². The van der Waals surface area contributed by atoms with Gasteiger partial charge in [0.25, 0.3) is 0 Å². The van der Waals surface area contributed by atoms with Gasteiger partial charge in [-0.05, 0) is 13.0 Å². The lowest BCUT2D eigenvalue weighted by molar-refractivity contribution is -0.216. The number of alkyl halides is 3.